The van der Waals surface area contributed by atoms with Gasteiger partial charge >= 0.3 is 0 Å². The Hall–Kier alpha value is -3.38. The van der Waals surface area contributed by atoms with E-state index in [0.29, 0.717) is 0 Å². The SMILES string of the molecule is C[C@H](C(=O)Nc1ccc(Oc2ccccc2)cc1)[NH+]1CCN(c2cccc[nH+]2)CC1. The van der Waals surface area contributed by atoms with Crippen LogP contribution in [-0.4, -0.2) is 38.1 Å². The Labute approximate surface area is 177 Å². The highest BCUT2D eigenvalue weighted by atomic mass is 16.5. The number of quaternary nitrogens is 1. The molecule has 2 aromatic carbocycles. The summed E-state index contributed by atoms with van der Waals surface area (Å²) in [5.41, 5.74) is 0.782. The van der Waals surface area contributed by atoms with Gasteiger partial charge in [-0.25, -0.2) is 4.98 Å². The lowest BCUT2D eigenvalue weighted by atomic mass is 10.2. The van der Waals surface area contributed by atoms with E-state index in [0.717, 1.165) is 49.2 Å². The minimum atomic E-state index is -0.104. The number of H-pyrrole nitrogens is 1. The topological polar surface area (TPSA) is 60.1 Å². The third-order valence-electron chi connectivity index (χ3n) is 5.55. The average Bonchev–Trinajstić information content (AvgIpc) is 2.81. The van der Waals surface area contributed by atoms with E-state index in [1.165, 1.54) is 4.90 Å². The molecule has 1 aliphatic rings. The lowest BCUT2D eigenvalue weighted by Gasteiger charge is -2.31. The Morgan fingerprint density at radius 3 is 2.30 bits per heavy atom. The summed E-state index contributed by atoms with van der Waals surface area (Å²) in [5.74, 6) is 2.71. The summed E-state index contributed by atoms with van der Waals surface area (Å²) in [5, 5.41) is 3.04. The normalized spacial score (nSPS) is 15.4. The summed E-state index contributed by atoms with van der Waals surface area (Å²) >= 11 is 0. The largest absolute Gasteiger partial charge is 0.457 e. The zero-order valence-electron chi connectivity index (χ0n) is 17.2. The fourth-order valence-corrected chi connectivity index (χ4v) is 3.72. The zero-order chi connectivity index (χ0) is 20.8. The maximum Gasteiger partial charge on any atom is 0.282 e. The molecule has 0 bridgehead atoms. The summed E-state index contributed by atoms with van der Waals surface area (Å²) in [6.45, 7) is 5.72. The number of nitrogens with zero attached hydrogens (tertiary/aromatic N) is 1. The average molecular weight is 405 g/mol. The number of piperazine rings is 1. The van der Waals surface area contributed by atoms with E-state index in [-0.39, 0.29) is 11.9 Å². The second-order valence-corrected chi connectivity index (χ2v) is 7.54. The number of nitrogens with one attached hydrogen (secondary N) is 3. The van der Waals surface area contributed by atoms with Crippen LogP contribution in [0, 0.1) is 0 Å². The predicted octanol–water partition coefficient (Wildman–Crippen LogP) is 2.03. The number of benzene rings is 2. The fraction of sp³-hybridized carbons (Fsp3) is 0.250. The first kappa shape index (κ1) is 19.9. The summed E-state index contributed by atoms with van der Waals surface area (Å²) in [6.07, 6.45) is 1.95. The maximum atomic E-state index is 12.8. The number of amides is 1. The monoisotopic (exact) mass is 404 g/mol. The molecule has 1 fully saturated rings. The van der Waals surface area contributed by atoms with Gasteiger partial charge in [0.05, 0.1) is 6.20 Å². The van der Waals surface area contributed by atoms with E-state index in [2.05, 4.69) is 21.3 Å². The number of pyridine rings is 1. The molecule has 1 aliphatic heterocycles. The van der Waals surface area contributed by atoms with Gasteiger partial charge in [-0.05, 0) is 49.4 Å². The zero-order valence-corrected chi connectivity index (χ0v) is 17.2. The van der Waals surface area contributed by atoms with Gasteiger partial charge in [-0.2, -0.15) is 0 Å². The van der Waals surface area contributed by atoms with E-state index in [1.807, 2.05) is 79.9 Å². The molecule has 6 heteroatoms. The number of carbonyl (C=O) groups is 1. The van der Waals surface area contributed by atoms with Crippen LogP contribution in [0.5, 0.6) is 11.5 Å². The number of aromatic nitrogens is 1. The molecule has 1 saturated heterocycles. The van der Waals surface area contributed by atoms with Crippen molar-refractivity contribution in [3.63, 3.8) is 0 Å². The van der Waals surface area contributed by atoms with Crippen LogP contribution in [0.2, 0.25) is 0 Å². The first-order chi connectivity index (χ1) is 14.7. The highest BCUT2D eigenvalue weighted by Crippen LogP contribution is 2.22. The van der Waals surface area contributed by atoms with Crippen molar-refractivity contribution >= 4 is 17.4 Å². The van der Waals surface area contributed by atoms with E-state index in [1.54, 1.807) is 0 Å². The number of rotatable bonds is 6. The van der Waals surface area contributed by atoms with Crippen LogP contribution in [0.3, 0.4) is 0 Å². The Kier molecular flexibility index (Phi) is 6.25. The molecule has 0 radical (unpaired) electrons. The number of carbonyl (C=O) groups excluding carboxylic acids is 1. The molecule has 3 N–H and O–H groups in total. The molecule has 1 aromatic heterocycles. The number of hydrogen-bond acceptors (Lipinski definition) is 3. The lowest BCUT2D eigenvalue weighted by Crippen LogP contribution is -3.19. The van der Waals surface area contributed by atoms with E-state index < -0.39 is 0 Å². The smallest absolute Gasteiger partial charge is 0.282 e. The molecule has 3 aromatic rings. The molecule has 0 saturated carbocycles. The van der Waals surface area contributed by atoms with Gasteiger partial charge in [0.25, 0.3) is 11.7 Å². The molecular weight excluding hydrogens is 376 g/mol. The van der Waals surface area contributed by atoms with Gasteiger partial charge in [0, 0.05) is 11.8 Å². The summed E-state index contributed by atoms with van der Waals surface area (Å²) in [7, 11) is 0. The molecule has 0 unspecified atom stereocenters. The molecule has 4 rings (SSSR count). The van der Waals surface area contributed by atoms with Crippen molar-refractivity contribution in [3.05, 3.63) is 79.0 Å². The van der Waals surface area contributed by atoms with Crippen molar-refractivity contribution in [2.45, 2.75) is 13.0 Å². The summed E-state index contributed by atoms with van der Waals surface area (Å²) in [4.78, 5) is 19.7. The Morgan fingerprint density at radius 2 is 1.63 bits per heavy atom. The van der Waals surface area contributed by atoms with Crippen molar-refractivity contribution in [1.82, 2.24) is 0 Å². The van der Waals surface area contributed by atoms with Crippen LogP contribution >= 0.6 is 0 Å². The molecule has 1 atom stereocenters. The third kappa shape index (κ3) is 4.96. The van der Waals surface area contributed by atoms with Crippen molar-refractivity contribution < 1.29 is 19.4 Å². The van der Waals surface area contributed by atoms with Crippen molar-refractivity contribution in [2.75, 3.05) is 36.4 Å². The summed E-state index contributed by atoms with van der Waals surface area (Å²) in [6, 6.07) is 23.2. The summed E-state index contributed by atoms with van der Waals surface area (Å²) < 4.78 is 5.80. The van der Waals surface area contributed by atoms with E-state index in [4.69, 9.17) is 4.74 Å². The first-order valence-corrected chi connectivity index (χ1v) is 10.4. The van der Waals surface area contributed by atoms with Crippen molar-refractivity contribution in [3.8, 4) is 11.5 Å². The minimum Gasteiger partial charge on any atom is -0.457 e. The Bertz CT molecular complexity index is 940. The second kappa shape index (κ2) is 9.41. The first-order valence-electron chi connectivity index (χ1n) is 10.4. The molecule has 154 valence electrons. The predicted molar refractivity (Wildman–Crippen MR) is 117 cm³/mol. The third-order valence-corrected chi connectivity index (χ3v) is 5.55. The molecule has 0 spiro atoms. The lowest BCUT2D eigenvalue weighted by molar-refractivity contribution is -0.914. The van der Waals surface area contributed by atoms with Crippen LogP contribution in [0.15, 0.2) is 79.0 Å². The van der Waals surface area contributed by atoms with E-state index in [9.17, 15) is 4.79 Å². The van der Waals surface area contributed by atoms with Crippen LogP contribution < -0.4 is 24.8 Å². The van der Waals surface area contributed by atoms with Crippen LogP contribution in [0.1, 0.15) is 6.92 Å². The van der Waals surface area contributed by atoms with Crippen LogP contribution in [-0.2, 0) is 4.79 Å². The Morgan fingerprint density at radius 1 is 0.967 bits per heavy atom. The number of para-hydroxylation sites is 1. The van der Waals surface area contributed by atoms with Gasteiger partial charge in [-0.15, -0.1) is 0 Å². The van der Waals surface area contributed by atoms with Gasteiger partial charge < -0.3 is 15.0 Å². The van der Waals surface area contributed by atoms with Crippen LogP contribution in [0.25, 0.3) is 0 Å². The standard InChI is InChI=1S/C24H26N4O2/c1-19(27-15-17-28(18-16-27)23-9-5-6-14-25-23)24(29)26-20-10-12-22(13-11-20)30-21-7-3-2-4-8-21/h2-14,19H,15-18H2,1H3,(H,26,29)/p+2/t19-/m1/s1. The van der Waals surface area contributed by atoms with Crippen molar-refractivity contribution in [2.24, 2.45) is 0 Å². The number of aromatic amines is 1. The van der Waals surface area contributed by atoms with Gasteiger partial charge in [-0.3, -0.25) is 9.69 Å². The molecule has 0 aliphatic carbocycles. The maximum absolute atomic E-state index is 12.8. The van der Waals surface area contributed by atoms with Gasteiger partial charge in [0.1, 0.15) is 37.7 Å². The molecule has 1 amide bonds. The van der Waals surface area contributed by atoms with E-state index >= 15 is 0 Å². The molecule has 30 heavy (non-hydrogen) atoms. The molecular formula is C24H28N4O2+2. The van der Waals surface area contributed by atoms with Crippen molar-refractivity contribution in [1.29, 1.82) is 0 Å². The highest BCUT2D eigenvalue weighted by molar-refractivity contribution is 5.93. The molecule has 2 heterocycles. The number of ether oxygens (including phenoxy) is 1. The highest BCUT2D eigenvalue weighted by Gasteiger charge is 2.32. The fourth-order valence-electron chi connectivity index (χ4n) is 3.72. The van der Waals surface area contributed by atoms with Gasteiger partial charge in [-0.1, -0.05) is 24.3 Å². The quantitative estimate of drug-likeness (QED) is 0.661. The molecule has 6 nitrogen and oxygen atoms in total. The van der Waals surface area contributed by atoms with Crippen LogP contribution in [0.4, 0.5) is 11.5 Å². The van der Waals surface area contributed by atoms with Gasteiger partial charge in [0.2, 0.25) is 0 Å². The second-order valence-electron chi connectivity index (χ2n) is 7.54. The minimum absolute atomic E-state index is 0.0430. The number of anilines is 2. The number of hydrogen-bond donors (Lipinski definition) is 2. The Balaban J connectivity index is 1.28. The van der Waals surface area contributed by atoms with Gasteiger partial charge in [0.15, 0.2) is 6.04 Å².